The number of nitrogens with two attached hydrogens (primary N) is 1. The van der Waals surface area contributed by atoms with Gasteiger partial charge in [-0.1, -0.05) is 0 Å². The fourth-order valence-corrected chi connectivity index (χ4v) is 2.35. The van der Waals surface area contributed by atoms with Gasteiger partial charge in [-0.05, 0) is 32.1 Å². The summed E-state index contributed by atoms with van der Waals surface area (Å²) in [6.07, 6.45) is 0.975. The van der Waals surface area contributed by atoms with Crippen LogP contribution in [0.15, 0.2) is 0 Å². The Balaban J connectivity index is 1.86. The Bertz CT molecular complexity index is 230. The number of carbonyl (C=O) groups is 1. The molecule has 2 aliphatic heterocycles. The number of carbonyl (C=O) groups excluding carboxylic acids is 1. The summed E-state index contributed by atoms with van der Waals surface area (Å²) in [5.74, 6) is 1.02. The van der Waals surface area contributed by atoms with Crippen LogP contribution in [0.3, 0.4) is 0 Å². The third-order valence-corrected chi connectivity index (χ3v) is 3.20. The number of piperidine rings is 2. The monoisotopic (exact) mass is 198 g/mol. The summed E-state index contributed by atoms with van der Waals surface area (Å²) in [5, 5.41) is 0. The highest BCUT2D eigenvalue weighted by molar-refractivity contribution is 5.68. The van der Waals surface area contributed by atoms with Crippen LogP contribution in [0.1, 0.15) is 20.3 Å². The Morgan fingerprint density at radius 1 is 1.43 bits per heavy atom. The molecule has 0 aromatic heterocycles. The predicted molar refractivity (Wildman–Crippen MR) is 52.8 cm³/mol. The van der Waals surface area contributed by atoms with Crippen LogP contribution in [0.2, 0.25) is 0 Å². The molecule has 1 saturated carbocycles. The van der Waals surface area contributed by atoms with Gasteiger partial charge in [-0.25, -0.2) is 4.79 Å². The van der Waals surface area contributed by atoms with Crippen molar-refractivity contribution in [1.82, 2.24) is 4.90 Å². The maximum Gasteiger partial charge on any atom is 0.410 e. The molecule has 2 N–H and O–H groups in total. The fraction of sp³-hybridized carbons (Fsp3) is 0.900. The summed E-state index contributed by atoms with van der Waals surface area (Å²) in [6, 6.07) is 0.318. The zero-order valence-electron chi connectivity index (χ0n) is 8.77. The summed E-state index contributed by atoms with van der Waals surface area (Å²) < 4.78 is 5.14. The van der Waals surface area contributed by atoms with Gasteiger partial charge in [-0.3, -0.25) is 0 Å². The van der Waals surface area contributed by atoms with Gasteiger partial charge in [0.25, 0.3) is 0 Å². The van der Waals surface area contributed by atoms with Crippen LogP contribution in [0, 0.1) is 11.8 Å². The average molecular weight is 198 g/mol. The second-order valence-electron chi connectivity index (χ2n) is 4.67. The summed E-state index contributed by atoms with van der Waals surface area (Å²) >= 11 is 0. The molecule has 0 radical (unpaired) electrons. The predicted octanol–water partition coefficient (Wildman–Crippen LogP) is 0.810. The highest BCUT2D eigenvalue weighted by Gasteiger charge is 2.46. The summed E-state index contributed by atoms with van der Waals surface area (Å²) in [4.78, 5) is 13.3. The van der Waals surface area contributed by atoms with E-state index in [1.54, 1.807) is 4.90 Å². The van der Waals surface area contributed by atoms with Gasteiger partial charge in [0.2, 0.25) is 0 Å². The minimum absolute atomic E-state index is 0.0329. The van der Waals surface area contributed by atoms with E-state index in [4.69, 9.17) is 10.5 Å². The first-order valence-corrected chi connectivity index (χ1v) is 5.29. The number of amides is 1. The Morgan fingerprint density at radius 3 is 2.43 bits per heavy atom. The smallest absolute Gasteiger partial charge is 0.410 e. The molecule has 3 rings (SSSR count). The lowest BCUT2D eigenvalue weighted by Gasteiger charge is -2.51. The van der Waals surface area contributed by atoms with E-state index in [0.717, 1.165) is 13.1 Å². The standard InChI is InChI=1S/C10H18N2O2/c1-6(2)14-10(13)12-4-7-3-8(5-12)9(7)11/h6-9H,3-5,11H2,1-2H3. The second-order valence-corrected chi connectivity index (χ2v) is 4.67. The molecule has 14 heavy (non-hydrogen) atoms. The molecule has 0 aromatic carbocycles. The third-order valence-electron chi connectivity index (χ3n) is 3.20. The SMILES string of the molecule is CC(C)OC(=O)N1CC2CC(C1)C2N. The molecule has 80 valence electrons. The van der Waals surface area contributed by atoms with E-state index >= 15 is 0 Å². The quantitative estimate of drug-likeness (QED) is 0.678. The summed E-state index contributed by atoms with van der Waals surface area (Å²) in [5.41, 5.74) is 5.91. The first kappa shape index (κ1) is 9.77. The maximum absolute atomic E-state index is 11.5. The molecule has 2 unspecified atom stereocenters. The van der Waals surface area contributed by atoms with Crippen LogP contribution in [-0.4, -0.2) is 36.2 Å². The van der Waals surface area contributed by atoms with E-state index < -0.39 is 0 Å². The minimum Gasteiger partial charge on any atom is -0.447 e. The number of nitrogens with zero attached hydrogens (tertiary/aromatic N) is 1. The van der Waals surface area contributed by atoms with Crippen LogP contribution < -0.4 is 5.73 Å². The molecule has 0 aromatic rings. The third kappa shape index (κ3) is 1.59. The molecule has 0 spiro atoms. The number of rotatable bonds is 1. The molecule has 2 heterocycles. The van der Waals surface area contributed by atoms with E-state index in [2.05, 4.69) is 0 Å². The molecule has 2 saturated heterocycles. The minimum atomic E-state index is -0.179. The maximum atomic E-state index is 11.5. The zero-order chi connectivity index (χ0) is 10.3. The first-order chi connectivity index (χ1) is 6.58. The van der Waals surface area contributed by atoms with Crippen molar-refractivity contribution in [3.63, 3.8) is 0 Å². The molecular weight excluding hydrogens is 180 g/mol. The van der Waals surface area contributed by atoms with E-state index in [0.29, 0.717) is 17.9 Å². The van der Waals surface area contributed by atoms with E-state index in [9.17, 15) is 4.79 Å². The van der Waals surface area contributed by atoms with Gasteiger partial charge in [0.1, 0.15) is 0 Å². The Kier molecular flexibility index (Phi) is 2.39. The normalized spacial score (nSPS) is 35.4. The second kappa shape index (κ2) is 3.42. The molecule has 3 aliphatic rings. The lowest BCUT2D eigenvalue weighted by molar-refractivity contribution is -0.00764. The molecular formula is C10H18N2O2. The van der Waals surface area contributed by atoms with E-state index in [1.807, 2.05) is 13.8 Å². The molecule has 3 fully saturated rings. The molecule has 4 heteroatoms. The van der Waals surface area contributed by atoms with Crippen molar-refractivity contribution in [2.24, 2.45) is 17.6 Å². The van der Waals surface area contributed by atoms with Gasteiger partial charge < -0.3 is 15.4 Å². The van der Waals surface area contributed by atoms with Gasteiger partial charge in [0, 0.05) is 19.1 Å². The number of fused-ring (bicyclic) bond motifs is 2. The molecule has 2 atom stereocenters. The van der Waals surface area contributed by atoms with E-state index in [-0.39, 0.29) is 12.2 Å². The highest BCUT2D eigenvalue weighted by Crippen LogP contribution is 2.38. The Hall–Kier alpha value is -0.770. The molecule has 4 nitrogen and oxygen atoms in total. The van der Waals surface area contributed by atoms with Crippen LogP contribution in [-0.2, 0) is 4.74 Å². The number of ether oxygens (including phenoxy) is 1. The average Bonchev–Trinajstić information content (AvgIpc) is 2.16. The fourth-order valence-electron chi connectivity index (χ4n) is 2.35. The topological polar surface area (TPSA) is 55.6 Å². The molecule has 1 aliphatic carbocycles. The Labute approximate surface area is 84.4 Å². The van der Waals surface area contributed by atoms with Gasteiger partial charge in [0.05, 0.1) is 6.10 Å². The van der Waals surface area contributed by atoms with Crippen molar-refractivity contribution >= 4 is 6.09 Å². The van der Waals surface area contributed by atoms with Crippen LogP contribution in [0.5, 0.6) is 0 Å². The van der Waals surface area contributed by atoms with Crippen molar-refractivity contribution in [2.45, 2.75) is 32.4 Å². The van der Waals surface area contributed by atoms with E-state index in [1.165, 1.54) is 6.42 Å². The van der Waals surface area contributed by atoms with Crippen LogP contribution in [0.4, 0.5) is 4.79 Å². The number of hydrogen-bond donors (Lipinski definition) is 1. The first-order valence-electron chi connectivity index (χ1n) is 5.29. The lowest BCUT2D eigenvalue weighted by Crippen LogP contribution is -2.63. The molecule has 1 amide bonds. The van der Waals surface area contributed by atoms with Crippen molar-refractivity contribution in [2.75, 3.05) is 13.1 Å². The van der Waals surface area contributed by atoms with Gasteiger partial charge in [0.15, 0.2) is 0 Å². The van der Waals surface area contributed by atoms with Crippen LogP contribution in [0.25, 0.3) is 0 Å². The van der Waals surface area contributed by atoms with Crippen molar-refractivity contribution in [3.8, 4) is 0 Å². The van der Waals surface area contributed by atoms with Gasteiger partial charge >= 0.3 is 6.09 Å². The van der Waals surface area contributed by atoms with Gasteiger partial charge in [-0.2, -0.15) is 0 Å². The van der Waals surface area contributed by atoms with Crippen molar-refractivity contribution < 1.29 is 9.53 Å². The molecule has 2 bridgehead atoms. The zero-order valence-corrected chi connectivity index (χ0v) is 8.77. The van der Waals surface area contributed by atoms with Crippen LogP contribution >= 0.6 is 0 Å². The summed E-state index contributed by atoms with van der Waals surface area (Å²) in [7, 11) is 0. The lowest BCUT2D eigenvalue weighted by atomic mass is 9.67. The number of hydrogen-bond acceptors (Lipinski definition) is 3. The summed E-state index contributed by atoms with van der Waals surface area (Å²) in [6.45, 7) is 5.30. The largest absolute Gasteiger partial charge is 0.447 e. The van der Waals surface area contributed by atoms with Gasteiger partial charge in [-0.15, -0.1) is 0 Å². The van der Waals surface area contributed by atoms with Crippen molar-refractivity contribution in [1.29, 1.82) is 0 Å². The van der Waals surface area contributed by atoms with Crippen molar-refractivity contribution in [3.05, 3.63) is 0 Å². The highest BCUT2D eigenvalue weighted by atomic mass is 16.6. The Morgan fingerprint density at radius 2 is 2.00 bits per heavy atom.